The fraction of sp³-hybridized carbons (Fsp3) is 0.217. The van der Waals surface area contributed by atoms with Gasteiger partial charge in [0.05, 0.1) is 41.7 Å². The van der Waals surface area contributed by atoms with Gasteiger partial charge in [-0.1, -0.05) is 62.4 Å². The molecule has 2 aliphatic rings. The Morgan fingerprint density at radius 2 is 1.17 bits per heavy atom. The monoisotopic (exact) mass is 706 g/mol. The molecule has 0 fully saturated rings. The van der Waals surface area contributed by atoms with E-state index in [0.29, 0.717) is 11.5 Å². The SMILES string of the molecule is COc1ccc(C2(c3ccc(OC)cc3)C=Cc3c4c(c5cc(OC)c(OC)cc5c3O2)-c2ccc(-c3cc(CO)cc(CO)c3)cc2C4(C)C)cc1. The van der Waals surface area contributed by atoms with E-state index in [9.17, 15) is 10.2 Å². The summed E-state index contributed by atoms with van der Waals surface area (Å²) >= 11 is 0. The molecule has 7 nitrogen and oxygen atoms in total. The van der Waals surface area contributed by atoms with Gasteiger partial charge in [-0.3, -0.25) is 0 Å². The van der Waals surface area contributed by atoms with Crippen LogP contribution in [0.15, 0.2) is 103 Å². The Bertz CT molecular complexity index is 2340. The first-order valence-electron chi connectivity index (χ1n) is 17.6. The van der Waals surface area contributed by atoms with Crippen LogP contribution in [0.2, 0.25) is 0 Å². The Kier molecular flexibility index (Phi) is 8.44. The highest BCUT2D eigenvalue weighted by Gasteiger charge is 2.44. The fourth-order valence-electron chi connectivity index (χ4n) is 8.25. The third-order valence-electron chi connectivity index (χ3n) is 10.9. The molecule has 0 bridgehead atoms. The molecule has 7 heteroatoms. The van der Waals surface area contributed by atoms with E-state index in [-0.39, 0.29) is 13.2 Å². The highest BCUT2D eigenvalue weighted by atomic mass is 16.5. The predicted molar refractivity (Wildman–Crippen MR) is 208 cm³/mol. The van der Waals surface area contributed by atoms with Crippen LogP contribution in [-0.2, 0) is 24.2 Å². The molecule has 0 saturated carbocycles. The van der Waals surface area contributed by atoms with Gasteiger partial charge in [0.25, 0.3) is 0 Å². The van der Waals surface area contributed by atoms with E-state index in [4.69, 9.17) is 23.7 Å². The summed E-state index contributed by atoms with van der Waals surface area (Å²) in [5.74, 6) is 3.50. The van der Waals surface area contributed by atoms with E-state index < -0.39 is 11.0 Å². The van der Waals surface area contributed by atoms with Crippen LogP contribution >= 0.6 is 0 Å². The van der Waals surface area contributed by atoms with Crippen molar-refractivity contribution < 1.29 is 33.9 Å². The van der Waals surface area contributed by atoms with Gasteiger partial charge in [0, 0.05) is 27.5 Å². The van der Waals surface area contributed by atoms with E-state index in [0.717, 1.165) is 83.7 Å². The van der Waals surface area contributed by atoms with Gasteiger partial charge in [0.15, 0.2) is 17.1 Å². The number of benzene rings is 6. The Labute approximate surface area is 309 Å². The second-order valence-electron chi connectivity index (χ2n) is 14.1. The molecular formula is C46H42O7. The Morgan fingerprint density at radius 1 is 0.604 bits per heavy atom. The first-order valence-corrected chi connectivity index (χ1v) is 17.6. The summed E-state index contributed by atoms with van der Waals surface area (Å²) in [7, 11) is 6.64. The zero-order valence-corrected chi connectivity index (χ0v) is 30.7. The fourth-order valence-corrected chi connectivity index (χ4v) is 8.25. The largest absolute Gasteiger partial charge is 0.497 e. The van der Waals surface area contributed by atoms with Crippen molar-refractivity contribution in [3.63, 3.8) is 0 Å². The summed E-state index contributed by atoms with van der Waals surface area (Å²) in [6.07, 6.45) is 4.38. The van der Waals surface area contributed by atoms with Gasteiger partial charge in [-0.25, -0.2) is 0 Å². The van der Waals surface area contributed by atoms with Crippen LogP contribution in [0.3, 0.4) is 0 Å². The molecule has 1 heterocycles. The predicted octanol–water partition coefficient (Wildman–Crippen LogP) is 9.18. The number of ether oxygens (including phenoxy) is 5. The summed E-state index contributed by atoms with van der Waals surface area (Å²) < 4.78 is 30.3. The minimum atomic E-state index is -0.981. The van der Waals surface area contributed by atoms with Gasteiger partial charge in [-0.15, -0.1) is 0 Å². The molecule has 6 aromatic rings. The molecule has 1 aliphatic heterocycles. The number of aliphatic hydroxyl groups excluding tert-OH is 2. The van der Waals surface area contributed by atoms with E-state index in [1.165, 1.54) is 5.56 Å². The molecular weight excluding hydrogens is 664 g/mol. The molecule has 6 aromatic carbocycles. The molecule has 1 aliphatic carbocycles. The van der Waals surface area contributed by atoms with Gasteiger partial charge in [-0.05, 0) is 111 Å². The van der Waals surface area contributed by atoms with E-state index in [1.54, 1.807) is 28.4 Å². The Balaban J connectivity index is 1.40. The van der Waals surface area contributed by atoms with E-state index in [2.05, 4.69) is 50.3 Å². The minimum Gasteiger partial charge on any atom is -0.497 e. The maximum Gasteiger partial charge on any atom is 0.178 e. The molecule has 0 aromatic heterocycles. The van der Waals surface area contributed by atoms with E-state index in [1.807, 2.05) is 72.8 Å². The summed E-state index contributed by atoms with van der Waals surface area (Å²) in [4.78, 5) is 0. The first-order chi connectivity index (χ1) is 25.7. The molecule has 53 heavy (non-hydrogen) atoms. The second kappa shape index (κ2) is 13.0. The quantitative estimate of drug-likeness (QED) is 0.155. The molecule has 8 rings (SSSR count). The lowest BCUT2D eigenvalue weighted by molar-refractivity contribution is 0.163. The molecule has 268 valence electrons. The maximum atomic E-state index is 9.98. The number of aliphatic hydroxyl groups is 2. The number of hydrogen-bond acceptors (Lipinski definition) is 7. The lowest BCUT2D eigenvalue weighted by Gasteiger charge is -2.38. The van der Waals surface area contributed by atoms with Gasteiger partial charge in [0.1, 0.15) is 17.2 Å². The van der Waals surface area contributed by atoms with Crippen molar-refractivity contribution in [1.82, 2.24) is 0 Å². The van der Waals surface area contributed by atoms with Crippen LogP contribution in [0.4, 0.5) is 0 Å². The number of methoxy groups -OCH3 is 4. The summed E-state index contributed by atoms with van der Waals surface area (Å²) in [5, 5.41) is 21.9. The molecule has 0 spiro atoms. The van der Waals surface area contributed by atoms with E-state index >= 15 is 0 Å². The second-order valence-corrected chi connectivity index (χ2v) is 14.1. The van der Waals surface area contributed by atoms with Gasteiger partial charge in [0.2, 0.25) is 0 Å². The van der Waals surface area contributed by atoms with Crippen molar-refractivity contribution >= 4 is 16.8 Å². The van der Waals surface area contributed by atoms with Crippen LogP contribution in [0, 0.1) is 0 Å². The van der Waals surface area contributed by atoms with Crippen LogP contribution in [-0.4, -0.2) is 38.7 Å². The third-order valence-corrected chi connectivity index (χ3v) is 10.9. The van der Waals surface area contributed by atoms with Crippen molar-refractivity contribution in [2.75, 3.05) is 28.4 Å². The highest BCUT2D eigenvalue weighted by molar-refractivity contribution is 6.10. The molecule has 0 amide bonds. The zero-order valence-electron chi connectivity index (χ0n) is 30.7. The summed E-state index contributed by atoms with van der Waals surface area (Å²) in [6.45, 7) is 4.32. The normalized spacial score (nSPS) is 14.6. The number of hydrogen-bond donors (Lipinski definition) is 2. The summed E-state index contributed by atoms with van der Waals surface area (Å²) in [5.41, 5.74) is 9.54. The average Bonchev–Trinajstić information content (AvgIpc) is 3.45. The van der Waals surface area contributed by atoms with Crippen molar-refractivity contribution in [1.29, 1.82) is 0 Å². The van der Waals surface area contributed by atoms with Crippen LogP contribution < -0.4 is 23.7 Å². The first kappa shape index (κ1) is 34.3. The van der Waals surface area contributed by atoms with Gasteiger partial charge < -0.3 is 33.9 Å². The van der Waals surface area contributed by atoms with Crippen LogP contribution in [0.1, 0.15) is 52.8 Å². The zero-order chi connectivity index (χ0) is 37.1. The third kappa shape index (κ3) is 5.34. The molecule has 2 N–H and O–H groups in total. The average molecular weight is 707 g/mol. The number of fused-ring (bicyclic) bond motifs is 8. The molecule has 0 saturated heterocycles. The molecule has 0 radical (unpaired) electrons. The van der Waals surface area contributed by atoms with Crippen molar-refractivity contribution in [2.45, 2.75) is 38.1 Å². The van der Waals surface area contributed by atoms with Crippen molar-refractivity contribution in [3.8, 4) is 51.0 Å². The molecule has 0 atom stereocenters. The van der Waals surface area contributed by atoms with Gasteiger partial charge >= 0.3 is 0 Å². The van der Waals surface area contributed by atoms with Crippen LogP contribution in [0.25, 0.3) is 39.1 Å². The highest BCUT2D eigenvalue weighted by Crippen LogP contribution is 2.59. The lowest BCUT2D eigenvalue weighted by atomic mass is 9.76. The van der Waals surface area contributed by atoms with Crippen molar-refractivity contribution in [3.05, 3.63) is 142 Å². The van der Waals surface area contributed by atoms with Crippen LogP contribution in [0.5, 0.6) is 28.7 Å². The Morgan fingerprint density at radius 3 is 1.70 bits per heavy atom. The number of rotatable bonds is 9. The topological polar surface area (TPSA) is 86.6 Å². The minimum absolute atomic E-state index is 0.104. The van der Waals surface area contributed by atoms with Crippen molar-refractivity contribution in [2.24, 2.45) is 0 Å². The lowest BCUT2D eigenvalue weighted by Crippen LogP contribution is -2.35. The molecule has 0 unspecified atom stereocenters. The smallest absolute Gasteiger partial charge is 0.178 e. The Hall–Kier alpha value is -5.76. The maximum absolute atomic E-state index is 9.98. The summed E-state index contributed by atoms with van der Waals surface area (Å²) in [6, 6.07) is 32.5. The van der Waals surface area contributed by atoms with Gasteiger partial charge in [-0.2, -0.15) is 0 Å². The standard InChI is InChI=1S/C46H42O7/c1-45(2)39-22-29(30-20-27(25-47)19-28(21-30)26-48)7-16-35(39)42-37-23-40(51-5)41(52-6)24-38(37)44-36(43(42)45)17-18-46(53-44,31-8-12-33(49-3)13-9-31)32-10-14-34(50-4)15-11-32/h7-24,47-48H,25-26H2,1-6H3.